The van der Waals surface area contributed by atoms with Gasteiger partial charge in [0.05, 0.1) is 0 Å². The van der Waals surface area contributed by atoms with Crippen LogP contribution in [0.1, 0.15) is 11.7 Å². The lowest BCUT2D eigenvalue weighted by molar-refractivity contribution is 0.360. The summed E-state index contributed by atoms with van der Waals surface area (Å²) in [5.74, 6) is 1.06. The van der Waals surface area contributed by atoms with Crippen molar-refractivity contribution in [1.29, 1.82) is 0 Å². The lowest BCUT2D eigenvalue weighted by Gasteiger charge is -1.92. The summed E-state index contributed by atoms with van der Waals surface area (Å²) in [4.78, 5) is 4.01. The van der Waals surface area contributed by atoms with Crippen molar-refractivity contribution < 1.29 is 4.52 Å². The van der Waals surface area contributed by atoms with Crippen LogP contribution in [0.25, 0.3) is 0 Å². The first-order valence-electron chi connectivity index (χ1n) is 3.53. The van der Waals surface area contributed by atoms with E-state index in [-0.39, 0.29) is 0 Å². The van der Waals surface area contributed by atoms with Crippen molar-refractivity contribution in [1.82, 2.24) is 30.3 Å². The number of hydrogen-bond acceptors (Lipinski definition) is 6. The molecule has 2 aromatic rings. The Hall–Kier alpha value is -1.57. The molecule has 0 aliphatic rings. The zero-order chi connectivity index (χ0) is 9.26. The minimum atomic E-state index is 0.357. The molecule has 0 aliphatic carbocycles. The molecule has 0 aliphatic heterocycles. The van der Waals surface area contributed by atoms with Crippen LogP contribution >= 0.6 is 12.2 Å². The molecule has 0 bridgehead atoms. The molecule has 0 spiro atoms. The molecule has 0 fully saturated rings. The second-order valence-electron chi connectivity index (χ2n) is 2.40. The fraction of sp³-hybridized carbons (Fsp3) is 0.400. The van der Waals surface area contributed by atoms with Gasteiger partial charge < -0.3 is 4.52 Å². The van der Waals surface area contributed by atoms with Gasteiger partial charge in [-0.25, -0.2) is 4.68 Å². The van der Waals surface area contributed by atoms with E-state index in [2.05, 4.69) is 25.7 Å². The predicted octanol–water partition coefficient (Wildman–Crippen LogP) is 0.0754. The fourth-order valence-electron chi connectivity index (χ4n) is 0.858. The van der Waals surface area contributed by atoms with Gasteiger partial charge in [-0.2, -0.15) is 10.2 Å². The summed E-state index contributed by atoms with van der Waals surface area (Å²) in [7, 11) is 0. The number of hydrogen-bond donors (Lipinski definition) is 1. The molecular weight excluding hydrogens is 192 g/mol. The molecule has 2 heterocycles. The molecule has 0 radical (unpaired) electrons. The fourth-order valence-corrected chi connectivity index (χ4v) is 1.00. The highest BCUT2D eigenvalue weighted by molar-refractivity contribution is 7.71. The summed E-state index contributed by atoms with van der Waals surface area (Å²) in [6.07, 6.45) is 0. The first-order valence-corrected chi connectivity index (χ1v) is 3.93. The van der Waals surface area contributed by atoms with Crippen LogP contribution in [0.4, 0.5) is 0 Å². The van der Waals surface area contributed by atoms with Gasteiger partial charge in [-0.05, 0) is 19.1 Å². The quantitative estimate of drug-likeness (QED) is 0.687. The highest BCUT2D eigenvalue weighted by Crippen LogP contribution is 1.97. The van der Waals surface area contributed by atoms with E-state index in [0.717, 1.165) is 0 Å². The molecule has 13 heavy (non-hydrogen) atoms. The number of tetrazole rings is 1. The zero-order valence-electron chi connectivity index (χ0n) is 6.76. The van der Waals surface area contributed by atoms with Gasteiger partial charge in [0.15, 0.2) is 5.82 Å². The Kier molecular flexibility index (Phi) is 1.89. The second-order valence-corrected chi connectivity index (χ2v) is 2.77. The molecule has 1 N–H and O–H groups in total. The van der Waals surface area contributed by atoms with Crippen molar-refractivity contribution in [3.8, 4) is 0 Å². The van der Waals surface area contributed by atoms with Crippen LogP contribution in [0, 0.1) is 11.7 Å². The van der Waals surface area contributed by atoms with Gasteiger partial charge in [-0.1, -0.05) is 15.5 Å². The molecule has 2 aromatic heterocycles. The van der Waals surface area contributed by atoms with Crippen molar-refractivity contribution >= 4 is 12.2 Å². The van der Waals surface area contributed by atoms with Gasteiger partial charge in [0.2, 0.25) is 10.7 Å². The van der Waals surface area contributed by atoms with Crippen molar-refractivity contribution in [3.05, 3.63) is 16.5 Å². The number of aromatic amines is 1. The van der Waals surface area contributed by atoms with E-state index < -0.39 is 0 Å². The van der Waals surface area contributed by atoms with Crippen LogP contribution in [-0.4, -0.2) is 30.3 Å². The summed E-state index contributed by atoms with van der Waals surface area (Å²) >= 11 is 4.86. The minimum Gasteiger partial charge on any atom is -0.337 e. The first-order chi connectivity index (χ1) is 6.25. The van der Waals surface area contributed by atoms with Crippen molar-refractivity contribution in [3.63, 3.8) is 0 Å². The van der Waals surface area contributed by atoms with Gasteiger partial charge in [0.1, 0.15) is 6.54 Å². The maximum atomic E-state index is 4.89. The smallest absolute Gasteiger partial charge is 0.248 e. The Morgan fingerprint density at radius 3 is 3.00 bits per heavy atom. The third kappa shape index (κ3) is 1.61. The molecule has 0 saturated carbocycles. The second kappa shape index (κ2) is 3.05. The predicted molar refractivity (Wildman–Crippen MR) is 43.3 cm³/mol. The molecule has 0 unspecified atom stereocenters. The van der Waals surface area contributed by atoms with Gasteiger partial charge in [0, 0.05) is 0 Å². The Morgan fingerprint density at radius 2 is 2.46 bits per heavy atom. The Morgan fingerprint density at radius 1 is 1.62 bits per heavy atom. The standard InChI is InChI=1S/C5H6N6OS/c1-3-6-4(12-8-3)2-11-5(13)7-9-10-11/h2H2,1H3,(H,7,10,13). The highest BCUT2D eigenvalue weighted by Gasteiger charge is 2.04. The maximum absolute atomic E-state index is 4.89. The van der Waals surface area contributed by atoms with Crippen molar-refractivity contribution in [2.75, 3.05) is 0 Å². The minimum absolute atomic E-state index is 0.357. The number of rotatable bonds is 2. The van der Waals surface area contributed by atoms with Crippen LogP contribution in [0.2, 0.25) is 0 Å². The number of H-pyrrole nitrogens is 1. The van der Waals surface area contributed by atoms with E-state index in [4.69, 9.17) is 16.7 Å². The van der Waals surface area contributed by atoms with Crippen LogP contribution in [0.5, 0.6) is 0 Å². The maximum Gasteiger partial charge on any atom is 0.248 e. The van der Waals surface area contributed by atoms with E-state index in [1.165, 1.54) is 4.68 Å². The zero-order valence-corrected chi connectivity index (χ0v) is 7.58. The molecule has 8 heteroatoms. The number of aryl methyl sites for hydroxylation is 1. The van der Waals surface area contributed by atoms with E-state index in [9.17, 15) is 0 Å². The van der Waals surface area contributed by atoms with E-state index in [1.54, 1.807) is 6.92 Å². The van der Waals surface area contributed by atoms with Gasteiger partial charge >= 0.3 is 0 Å². The largest absolute Gasteiger partial charge is 0.337 e. The van der Waals surface area contributed by atoms with Crippen LogP contribution in [0.15, 0.2) is 4.52 Å². The van der Waals surface area contributed by atoms with Crippen LogP contribution in [0.3, 0.4) is 0 Å². The average molecular weight is 198 g/mol. The van der Waals surface area contributed by atoms with Crippen LogP contribution in [-0.2, 0) is 6.54 Å². The summed E-state index contributed by atoms with van der Waals surface area (Å²) in [6.45, 7) is 2.12. The molecule has 0 atom stereocenters. The summed E-state index contributed by atoms with van der Waals surface area (Å²) in [5, 5.41) is 13.3. The summed E-state index contributed by atoms with van der Waals surface area (Å²) in [5.41, 5.74) is 0. The van der Waals surface area contributed by atoms with E-state index in [1.807, 2.05) is 0 Å². The van der Waals surface area contributed by atoms with Gasteiger partial charge in [-0.3, -0.25) is 0 Å². The lowest BCUT2D eigenvalue weighted by atomic mass is 10.6. The SMILES string of the molecule is Cc1noc(Cn2[nH]nnc2=S)n1. The Labute approximate surface area is 77.7 Å². The summed E-state index contributed by atoms with van der Waals surface area (Å²) < 4.78 is 6.78. The molecule has 0 saturated heterocycles. The Bertz CT molecular complexity index is 455. The third-order valence-electron chi connectivity index (χ3n) is 1.39. The molecule has 7 nitrogen and oxygen atoms in total. The van der Waals surface area contributed by atoms with Gasteiger partial charge in [-0.15, -0.1) is 0 Å². The number of nitrogens with one attached hydrogen (secondary N) is 1. The topological polar surface area (TPSA) is 85.4 Å². The third-order valence-corrected chi connectivity index (χ3v) is 1.70. The lowest BCUT2D eigenvalue weighted by Crippen LogP contribution is -2.02. The number of nitrogens with zero attached hydrogens (tertiary/aromatic N) is 5. The molecule has 2 rings (SSSR count). The van der Waals surface area contributed by atoms with Gasteiger partial charge in [0.25, 0.3) is 0 Å². The van der Waals surface area contributed by atoms with Crippen molar-refractivity contribution in [2.24, 2.45) is 0 Å². The average Bonchev–Trinajstić information content (AvgIpc) is 2.64. The first kappa shape index (κ1) is 8.05. The molecular formula is C5H6N6OS. The molecule has 0 aromatic carbocycles. The van der Waals surface area contributed by atoms with E-state index >= 15 is 0 Å². The summed E-state index contributed by atoms with van der Waals surface area (Å²) in [6, 6.07) is 0. The van der Waals surface area contributed by atoms with E-state index in [0.29, 0.717) is 23.0 Å². The highest BCUT2D eigenvalue weighted by atomic mass is 32.1. The normalized spacial score (nSPS) is 10.5. The van der Waals surface area contributed by atoms with Crippen LogP contribution < -0.4 is 0 Å². The van der Waals surface area contributed by atoms with Crippen molar-refractivity contribution in [2.45, 2.75) is 13.5 Å². The number of aromatic nitrogens is 6. The monoisotopic (exact) mass is 198 g/mol. The Balaban J connectivity index is 2.24. The molecule has 68 valence electrons. The molecule has 0 amide bonds.